The van der Waals surface area contributed by atoms with Gasteiger partial charge in [0.1, 0.15) is 37.6 Å². The highest BCUT2D eigenvalue weighted by atomic mass is 31.2. The number of methoxy groups -OCH3 is 2. The van der Waals surface area contributed by atoms with Crippen molar-refractivity contribution in [3.05, 3.63) is 164 Å². The van der Waals surface area contributed by atoms with Gasteiger partial charge in [-0.2, -0.15) is 5.26 Å². The number of ether oxygens (including phenoxy) is 4. The summed E-state index contributed by atoms with van der Waals surface area (Å²) < 4.78 is 35.7. The van der Waals surface area contributed by atoms with Gasteiger partial charge < -0.3 is 23.5 Å². The highest BCUT2D eigenvalue weighted by Crippen LogP contribution is 2.51. The highest BCUT2D eigenvalue weighted by Gasteiger charge is 2.54. The number of amides is 2. The van der Waals surface area contributed by atoms with Crippen molar-refractivity contribution in [2.45, 2.75) is 76.3 Å². The number of carbonyl (C=O) groups is 2. The maximum Gasteiger partial charge on any atom is 0.330 e. The van der Waals surface area contributed by atoms with Crippen molar-refractivity contribution in [1.82, 2.24) is 19.3 Å². The molecule has 0 spiro atoms. The molecule has 1 saturated heterocycles. The van der Waals surface area contributed by atoms with Crippen molar-refractivity contribution >= 4 is 20.1 Å². The third kappa shape index (κ3) is 9.10. The lowest BCUT2D eigenvalue weighted by Gasteiger charge is -2.40. The maximum atomic E-state index is 13.9. The molecule has 63 heavy (non-hydrogen) atoms. The van der Waals surface area contributed by atoms with Crippen molar-refractivity contribution < 1.29 is 37.9 Å². The zero-order valence-corrected chi connectivity index (χ0v) is 36.8. The number of nitrogens with zero attached hydrogens (tertiary/aromatic N) is 4. The quantitative estimate of drug-likeness (QED) is 0.0556. The summed E-state index contributed by atoms with van der Waals surface area (Å²) in [7, 11) is 1.57. The molecule has 2 aliphatic rings. The maximum absolute atomic E-state index is 13.9. The van der Waals surface area contributed by atoms with Crippen LogP contribution < -0.4 is 20.7 Å². The standard InChI is InChI=1S/C47H50N5O10P/c1-30(2)52(31(3)4)63(28-12-26-48)62-41-39(60-45(50-27-25-40(53)49-46(50)56)42(41)61-51-43(54)37-15-10-11-16-38(37)44(51)55)29-59-47(32-13-8-7-9-14-32,33-17-21-35(57-5)22-18-33)34-19-23-36(58-6)24-20-34/h7-11,13-25,27,30-31,39,41-42,45H,12,28-29H2,1-6H3,(H,49,53,56)/t39-,41-,42-,45-,63?/m1/s1. The topological polar surface area (TPSA) is 175 Å². The zero-order chi connectivity index (χ0) is 44.8. The van der Waals surface area contributed by atoms with E-state index >= 15 is 0 Å². The molecule has 3 heterocycles. The van der Waals surface area contributed by atoms with Crippen molar-refractivity contribution in [2.75, 3.05) is 27.0 Å². The molecule has 4 aromatic carbocycles. The lowest BCUT2D eigenvalue weighted by molar-refractivity contribution is -0.176. The van der Waals surface area contributed by atoms with Gasteiger partial charge in [0.2, 0.25) is 0 Å². The number of nitriles is 1. The van der Waals surface area contributed by atoms with Gasteiger partial charge in [0.05, 0.1) is 38.0 Å². The highest BCUT2D eigenvalue weighted by molar-refractivity contribution is 7.50. The molecule has 1 N–H and O–H groups in total. The van der Waals surface area contributed by atoms with Gasteiger partial charge in [-0.3, -0.25) is 33.4 Å². The Kier molecular flexibility index (Phi) is 14.0. The zero-order valence-electron chi connectivity index (χ0n) is 35.9. The van der Waals surface area contributed by atoms with Crippen LogP contribution in [-0.4, -0.2) is 88.5 Å². The Morgan fingerprint density at radius 3 is 1.81 bits per heavy atom. The Bertz CT molecular complexity index is 2450. The van der Waals surface area contributed by atoms with E-state index in [1.165, 1.54) is 18.3 Å². The first-order chi connectivity index (χ1) is 30.4. The number of nitrogens with one attached hydrogen (secondary N) is 1. The summed E-state index contributed by atoms with van der Waals surface area (Å²) in [6, 6.07) is 34.4. The number of hydroxylamine groups is 2. The number of aromatic amines is 1. The van der Waals surface area contributed by atoms with Crippen LogP contribution in [0.4, 0.5) is 0 Å². The summed E-state index contributed by atoms with van der Waals surface area (Å²) in [5.74, 6) is -0.144. The fraction of sp³-hybridized carbons (Fsp3) is 0.340. The van der Waals surface area contributed by atoms with Crippen LogP contribution in [0.1, 0.15) is 77.8 Å². The molecule has 5 aromatic rings. The summed E-state index contributed by atoms with van der Waals surface area (Å²) in [5, 5.41) is 10.5. The second kappa shape index (κ2) is 19.6. The molecule has 7 rings (SSSR count). The number of hydrogen-bond acceptors (Lipinski definition) is 12. The minimum absolute atomic E-state index is 0.0316. The molecule has 328 valence electrons. The van der Waals surface area contributed by atoms with Gasteiger partial charge in [0.25, 0.3) is 17.4 Å². The Balaban J connectivity index is 1.40. The van der Waals surface area contributed by atoms with Crippen LogP contribution in [0.2, 0.25) is 0 Å². The van der Waals surface area contributed by atoms with Crippen LogP contribution in [0.3, 0.4) is 0 Å². The molecule has 1 fully saturated rings. The normalized spacial score (nSPS) is 19.1. The predicted molar refractivity (Wildman–Crippen MR) is 234 cm³/mol. The molecule has 16 heteroatoms. The molecular weight excluding hydrogens is 826 g/mol. The Labute approximate surface area is 366 Å². The number of hydrogen-bond donors (Lipinski definition) is 1. The molecule has 0 radical (unpaired) electrons. The molecule has 15 nitrogen and oxygen atoms in total. The molecule has 1 aromatic heterocycles. The molecule has 0 saturated carbocycles. The van der Waals surface area contributed by atoms with E-state index in [0.29, 0.717) is 22.7 Å². The first-order valence-corrected chi connectivity index (χ1v) is 22.0. The van der Waals surface area contributed by atoms with E-state index in [1.807, 2.05) is 107 Å². The SMILES string of the molecule is COc1ccc(C(OC[C@H]2O[C@@H](n3ccc(=O)[nH]c3=O)[C@H](ON3C(=O)c4ccccc4C3=O)[C@@H]2OP(CCC#N)N(C(C)C)C(C)C)(c2ccccc2)c2ccc(OC)cc2)cc1. The summed E-state index contributed by atoms with van der Waals surface area (Å²) in [4.78, 5) is 62.6. The molecule has 2 amide bonds. The van der Waals surface area contributed by atoms with E-state index in [4.69, 9.17) is 28.3 Å². The summed E-state index contributed by atoms with van der Waals surface area (Å²) >= 11 is 0. The molecule has 1 unspecified atom stereocenters. The number of aromatic nitrogens is 2. The molecule has 0 aliphatic carbocycles. The minimum atomic E-state index is -1.61. The van der Waals surface area contributed by atoms with Crippen molar-refractivity contribution in [3.8, 4) is 17.6 Å². The molecular formula is C47H50N5O10P. The monoisotopic (exact) mass is 875 g/mol. The number of fused-ring (bicyclic) bond motifs is 1. The van der Waals surface area contributed by atoms with Crippen molar-refractivity contribution in [3.63, 3.8) is 0 Å². The van der Waals surface area contributed by atoms with E-state index < -0.39 is 61.5 Å². The number of imide groups is 1. The first kappa shape index (κ1) is 45.1. The molecule has 2 aliphatic heterocycles. The molecule has 5 atom stereocenters. The third-order valence-corrected chi connectivity index (χ3v) is 13.5. The van der Waals surface area contributed by atoms with Crippen molar-refractivity contribution in [1.29, 1.82) is 5.26 Å². The fourth-order valence-electron chi connectivity index (χ4n) is 8.22. The summed E-state index contributed by atoms with van der Waals surface area (Å²) in [6.07, 6.45) is -3.20. The lowest BCUT2D eigenvalue weighted by atomic mass is 9.80. The van der Waals surface area contributed by atoms with Crippen LogP contribution in [0.15, 0.2) is 125 Å². The number of H-pyrrole nitrogens is 1. The number of carbonyl (C=O) groups excluding carboxylic acids is 2. The minimum Gasteiger partial charge on any atom is -0.497 e. The molecule has 0 bridgehead atoms. The van der Waals surface area contributed by atoms with Gasteiger partial charge in [-0.25, -0.2) is 4.79 Å². The summed E-state index contributed by atoms with van der Waals surface area (Å²) in [6.45, 7) is 7.92. The second-order valence-corrected chi connectivity index (χ2v) is 17.4. The van der Waals surface area contributed by atoms with Gasteiger partial charge >= 0.3 is 5.69 Å². The van der Waals surface area contributed by atoms with Crippen LogP contribution >= 0.6 is 8.30 Å². The Morgan fingerprint density at radius 2 is 1.30 bits per heavy atom. The van der Waals surface area contributed by atoms with E-state index in [-0.39, 0.29) is 36.2 Å². The first-order valence-electron chi connectivity index (χ1n) is 20.6. The van der Waals surface area contributed by atoms with Gasteiger partial charge in [0, 0.05) is 36.9 Å². The van der Waals surface area contributed by atoms with Crippen LogP contribution in [0, 0.1) is 11.3 Å². The van der Waals surface area contributed by atoms with Crippen LogP contribution in [0.5, 0.6) is 11.5 Å². The predicted octanol–water partition coefficient (Wildman–Crippen LogP) is 6.79. The third-order valence-electron chi connectivity index (χ3n) is 11.0. The lowest BCUT2D eigenvalue weighted by Crippen LogP contribution is -2.47. The van der Waals surface area contributed by atoms with Crippen molar-refractivity contribution in [2.24, 2.45) is 0 Å². The fourth-order valence-corrected chi connectivity index (χ4v) is 10.5. The Hall–Kier alpha value is -5.98. The number of rotatable bonds is 18. The van der Waals surface area contributed by atoms with Crippen LogP contribution in [0.25, 0.3) is 0 Å². The average Bonchev–Trinajstić information content (AvgIpc) is 3.74. The van der Waals surface area contributed by atoms with Gasteiger partial charge in [-0.15, -0.1) is 5.06 Å². The average molecular weight is 876 g/mol. The summed E-state index contributed by atoms with van der Waals surface area (Å²) in [5.41, 5.74) is -0.241. The van der Waals surface area contributed by atoms with Gasteiger partial charge in [0.15, 0.2) is 12.3 Å². The number of benzene rings is 4. The van der Waals surface area contributed by atoms with E-state index in [1.54, 1.807) is 26.4 Å². The van der Waals surface area contributed by atoms with Gasteiger partial charge in [-0.05, 0) is 80.8 Å². The van der Waals surface area contributed by atoms with Crippen LogP contribution in [-0.2, 0) is 24.4 Å². The smallest absolute Gasteiger partial charge is 0.330 e. The largest absolute Gasteiger partial charge is 0.497 e. The Morgan fingerprint density at radius 1 is 0.762 bits per heavy atom. The second-order valence-electron chi connectivity index (χ2n) is 15.5. The van der Waals surface area contributed by atoms with E-state index in [9.17, 15) is 24.4 Å². The van der Waals surface area contributed by atoms with E-state index in [0.717, 1.165) is 27.3 Å². The van der Waals surface area contributed by atoms with Gasteiger partial charge in [-0.1, -0.05) is 66.7 Å². The van der Waals surface area contributed by atoms with E-state index in [2.05, 4.69) is 15.7 Å².